The molecule has 0 spiro atoms. The van der Waals surface area contributed by atoms with Gasteiger partial charge in [0, 0.05) is 42.8 Å². The quantitative estimate of drug-likeness (QED) is 0.165. The fourth-order valence-corrected chi connectivity index (χ4v) is 7.05. The predicted octanol–water partition coefficient (Wildman–Crippen LogP) is 6.51. The second-order valence-corrected chi connectivity index (χ2v) is 14.0. The van der Waals surface area contributed by atoms with Crippen LogP contribution in [-0.2, 0) is 33.0 Å². The number of halogens is 3. The van der Waals surface area contributed by atoms with Gasteiger partial charge in [-0.25, -0.2) is 18.1 Å². The minimum atomic E-state index is -4.53. The highest BCUT2D eigenvalue weighted by molar-refractivity contribution is 7.89. The fraction of sp³-hybridized carbons (Fsp3) is 0.343. The average Bonchev–Trinajstić information content (AvgIpc) is 3.89. The number of rotatable bonds is 8. The highest BCUT2D eigenvalue weighted by atomic mass is 32.2. The molecule has 49 heavy (non-hydrogen) atoms. The van der Waals surface area contributed by atoms with Crippen LogP contribution in [0.2, 0.25) is 0 Å². The van der Waals surface area contributed by atoms with Crippen molar-refractivity contribution in [1.82, 2.24) is 19.6 Å². The van der Waals surface area contributed by atoms with E-state index in [1.807, 2.05) is 30.9 Å². The van der Waals surface area contributed by atoms with Crippen LogP contribution in [0.15, 0.2) is 77.8 Å². The molecule has 1 saturated carbocycles. The van der Waals surface area contributed by atoms with E-state index in [1.165, 1.54) is 18.2 Å². The number of amides is 1. The highest BCUT2D eigenvalue weighted by Gasteiger charge is 2.52. The average molecular weight is 694 g/mol. The van der Waals surface area contributed by atoms with E-state index in [2.05, 4.69) is 30.6 Å². The Morgan fingerprint density at radius 1 is 1.00 bits per heavy atom. The number of carbonyl (C=O) groups excluding carboxylic acids is 1. The van der Waals surface area contributed by atoms with Gasteiger partial charge in [0.25, 0.3) is 0 Å². The van der Waals surface area contributed by atoms with Gasteiger partial charge >= 0.3 is 6.18 Å². The molecule has 10 nitrogen and oxygen atoms in total. The molecular formula is C35H38F3N7O3S. The summed E-state index contributed by atoms with van der Waals surface area (Å²) in [5, 5.41) is 9.27. The van der Waals surface area contributed by atoms with Crippen molar-refractivity contribution in [1.29, 1.82) is 0 Å². The van der Waals surface area contributed by atoms with Crippen LogP contribution in [0.1, 0.15) is 49.8 Å². The minimum absolute atomic E-state index is 0.135. The van der Waals surface area contributed by atoms with Gasteiger partial charge in [-0.2, -0.15) is 18.2 Å². The first kappa shape index (κ1) is 34.3. The molecule has 14 heteroatoms. The van der Waals surface area contributed by atoms with E-state index in [4.69, 9.17) is 0 Å². The van der Waals surface area contributed by atoms with E-state index in [-0.39, 0.29) is 23.3 Å². The van der Waals surface area contributed by atoms with Crippen molar-refractivity contribution in [2.24, 2.45) is 0 Å². The zero-order chi connectivity index (χ0) is 34.8. The molecule has 1 amide bonds. The molecule has 0 atom stereocenters. The Bertz CT molecular complexity index is 1950. The van der Waals surface area contributed by atoms with Crippen molar-refractivity contribution < 1.29 is 26.4 Å². The summed E-state index contributed by atoms with van der Waals surface area (Å²) in [5.74, 6) is 0.475. The third kappa shape index (κ3) is 7.71. The molecule has 2 heterocycles. The van der Waals surface area contributed by atoms with Gasteiger partial charge < -0.3 is 16.0 Å². The molecule has 0 saturated heterocycles. The molecule has 0 unspecified atom stereocenters. The number of nitrogens with one attached hydrogen (secondary N) is 4. The van der Waals surface area contributed by atoms with Crippen molar-refractivity contribution in [3.8, 4) is 11.1 Å². The standard InChI is InChI=1S/C35H38F3N7O3S/c1-3-45(4-2)22-23-17-25(19-26(18-23)35(36,37)38)34(13-14-34)32(46)42-27-11-9-24(10-12-27)30-21-40-33-43-28-7-5-8-29(20-28)49(47,48)41-16-6-15-39-31(30)44-33/h5,7-12,17-21,41H,3-4,6,13-16,22H2,1-2H3,(H,42,46)(H2,39,40,43,44). The number of hydrogen-bond donors (Lipinski definition) is 4. The molecule has 4 N–H and O–H groups in total. The number of anilines is 4. The van der Waals surface area contributed by atoms with Gasteiger partial charge in [-0.15, -0.1) is 0 Å². The number of carbonyl (C=O) groups is 1. The summed E-state index contributed by atoms with van der Waals surface area (Å²) in [6.45, 7) is 6.36. The number of sulfonamides is 1. The molecule has 3 aromatic carbocycles. The van der Waals surface area contributed by atoms with E-state index in [1.54, 1.807) is 36.5 Å². The lowest BCUT2D eigenvalue weighted by molar-refractivity contribution is -0.137. The Labute approximate surface area is 283 Å². The topological polar surface area (TPSA) is 128 Å². The Kier molecular flexibility index (Phi) is 9.65. The lowest BCUT2D eigenvalue weighted by atomic mass is 9.91. The molecule has 0 radical (unpaired) electrons. The summed E-state index contributed by atoms with van der Waals surface area (Å²) in [7, 11) is -3.67. The summed E-state index contributed by atoms with van der Waals surface area (Å²) < 4.78 is 69.7. The number of nitrogens with zero attached hydrogens (tertiary/aromatic N) is 3. The molecule has 1 aliphatic carbocycles. The fourth-order valence-electron chi connectivity index (χ4n) is 5.93. The number of alkyl halides is 3. The van der Waals surface area contributed by atoms with Crippen molar-refractivity contribution in [2.75, 3.05) is 42.1 Å². The van der Waals surface area contributed by atoms with Crippen LogP contribution in [0.5, 0.6) is 0 Å². The van der Waals surface area contributed by atoms with E-state index < -0.39 is 27.2 Å². The van der Waals surface area contributed by atoms with Crippen molar-refractivity contribution in [3.63, 3.8) is 0 Å². The summed E-state index contributed by atoms with van der Waals surface area (Å²) in [4.78, 5) is 24.9. The van der Waals surface area contributed by atoms with Crippen LogP contribution in [0, 0.1) is 0 Å². The third-order valence-electron chi connectivity index (χ3n) is 8.94. The van der Waals surface area contributed by atoms with Gasteiger partial charge in [0.15, 0.2) is 0 Å². The van der Waals surface area contributed by atoms with Gasteiger partial charge in [-0.1, -0.05) is 38.1 Å². The van der Waals surface area contributed by atoms with Crippen LogP contribution in [-0.4, -0.2) is 55.4 Å². The number of fused-ring (bicyclic) bond motifs is 4. The van der Waals surface area contributed by atoms with Gasteiger partial charge in [0.2, 0.25) is 21.9 Å². The first-order chi connectivity index (χ1) is 23.4. The van der Waals surface area contributed by atoms with Crippen LogP contribution in [0.25, 0.3) is 11.1 Å². The molecule has 4 aromatic rings. The highest BCUT2D eigenvalue weighted by Crippen LogP contribution is 2.50. The SMILES string of the molecule is CCN(CC)Cc1cc(C(F)(F)F)cc(C2(C(=O)Nc3ccc(-c4cnc5nc4NCCCNS(=O)(=O)c4cccc(c4)N5)cc3)CC2)c1. The first-order valence-electron chi connectivity index (χ1n) is 16.2. The lowest BCUT2D eigenvalue weighted by Gasteiger charge is -2.22. The Balaban J connectivity index is 1.22. The van der Waals surface area contributed by atoms with Crippen molar-refractivity contribution >= 4 is 39.1 Å². The van der Waals surface area contributed by atoms with E-state index >= 15 is 0 Å². The lowest BCUT2D eigenvalue weighted by Crippen LogP contribution is -2.29. The zero-order valence-corrected chi connectivity index (χ0v) is 28.0. The van der Waals surface area contributed by atoms with Crippen LogP contribution in [0.3, 0.4) is 0 Å². The summed E-state index contributed by atoms with van der Waals surface area (Å²) in [6.07, 6.45) is -1.45. The normalized spacial score (nSPS) is 16.7. The molecular weight excluding hydrogens is 655 g/mol. The van der Waals surface area contributed by atoms with Gasteiger partial charge in [0.05, 0.1) is 15.9 Å². The molecule has 6 rings (SSSR count). The Morgan fingerprint density at radius 3 is 2.45 bits per heavy atom. The van der Waals surface area contributed by atoms with Crippen molar-refractivity contribution in [3.05, 3.63) is 89.6 Å². The third-order valence-corrected chi connectivity index (χ3v) is 10.4. The van der Waals surface area contributed by atoms with Crippen molar-refractivity contribution in [2.45, 2.75) is 56.1 Å². The summed E-state index contributed by atoms with van der Waals surface area (Å²) in [5.41, 5.74) is 1.62. The Hall–Kier alpha value is -4.53. The second-order valence-electron chi connectivity index (χ2n) is 12.3. The van der Waals surface area contributed by atoms with Crippen LogP contribution < -0.4 is 20.7 Å². The first-order valence-corrected chi connectivity index (χ1v) is 17.7. The minimum Gasteiger partial charge on any atom is -0.369 e. The monoisotopic (exact) mass is 693 g/mol. The van der Waals surface area contributed by atoms with Crippen LogP contribution in [0.4, 0.5) is 36.3 Å². The smallest absolute Gasteiger partial charge is 0.369 e. The maximum atomic E-state index is 13.9. The largest absolute Gasteiger partial charge is 0.416 e. The van der Waals surface area contributed by atoms with Crippen LogP contribution >= 0.6 is 0 Å². The predicted molar refractivity (Wildman–Crippen MR) is 183 cm³/mol. The Morgan fingerprint density at radius 2 is 1.76 bits per heavy atom. The maximum absolute atomic E-state index is 13.9. The number of benzene rings is 3. The van der Waals surface area contributed by atoms with E-state index in [0.717, 1.165) is 11.6 Å². The molecule has 1 fully saturated rings. The summed E-state index contributed by atoms with van der Waals surface area (Å²) >= 11 is 0. The van der Waals surface area contributed by atoms with E-state index in [9.17, 15) is 26.4 Å². The molecule has 258 valence electrons. The zero-order valence-electron chi connectivity index (χ0n) is 27.2. The van der Waals surface area contributed by atoms with Gasteiger partial charge in [-0.05, 0) is 91.5 Å². The second kappa shape index (κ2) is 13.8. The van der Waals surface area contributed by atoms with Gasteiger partial charge in [0.1, 0.15) is 5.82 Å². The number of hydrogen-bond acceptors (Lipinski definition) is 8. The molecule has 4 bridgehead atoms. The molecule has 2 aliphatic rings. The molecule has 1 aromatic heterocycles. The number of aromatic nitrogens is 2. The van der Waals surface area contributed by atoms with E-state index in [0.29, 0.717) is 79.3 Å². The maximum Gasteiger partial charge on any atom is 0.416 e. The van der Waals surface area contributed by atoms with Gasteiger partial charge in [-0.3, -0.25) is 9.69 Å². The summed E-state index contributed by atoms with van der Waals surface area (Å²) in [6, 6.07) is 17.5. The molecule has 1 aliphatic heterocycles.